The summed E-state index contributed by atoms with van der Waals surface area (Å²) in [5.74, 6) is 1.05. The van der Waals surface area contributed by atoms with E-state index in [0.717, 1.165) is 0 Å². The molecule has 6 nitrogen and oxygen atoms in total. The van der Waals surface area contributed by atoms with Gasteiger partial charge < -0.3 is 28.4 Å². The third-order valence-electron chi connectivity index (χ3n) is 3.72. The molecule has 0 saturated carbocycles. The lowest BCUT2D eigenvalue weighted by Crippen LogP contribution is -2.56. The molecule has 118 valence electrons. The monoisotopic (exact) mass is 298 g/mol. The van der Waals surface area contributed by atoms with E-state index in [1.54, 1.807) is 0 Å². The molecule has 3 fully saturated rings. The minimum absolute atomic E-state index is 0.235. The lowest BCUT2D eigenvalue weighted by atomic mass is 9.99. The number of terminal acetylenes is 1. The van der Waals surface area contributed by atoms with Crippen LogP contribution in [0.25, 0.3) is 0 Å². The van der Waals surface area contributed by atoms with Gasteiger partial charge in [-0.05, 0) is 27.7 Å². The highest BCUT2D eigenvalue weighted by molar-refractivity contribution is 5.00. The van der Waals surface area contributed by atoms with Crippen LogP contribution in [0.15, 0.2) is 0 Å². The van der Waals surface area contributed by atoms with E-state index < -0.39 is 17.9 Å². The average molecular weight is 298 g/mol. The molecule has 0 aromatic carbocycles. The maximum atomic E-state index is 5.99. The van der Waals surface area contributed by atoms with Crippen molar-refractivity contribution < 1.29 is 28.4 Å². The van der Waals surface area contributed by atoms with E-state index >= 15 is 0 Å². The van der Waals surface area contributed by atoms with Crippen molar-refractivity contribution in [1.29, 1.82) is 0 Å². The fourth-order valence-electron chi connectivity index (χ4n) is 3.06. The van der Waals surface area contributed by atoms with Crippen molar-refractivity contribution in [2.45, 2.75) is 70.0 Å². The molecule has 0 spiro atoms. The molecule has 21 heavy (non-hydrogen) atoms. The van der Waals surface area contributed by atoms with E-state index in [0.29, 0.717) is 6.61 Å². The van der Waals surface area contributed by atoms with Gasteiger partial charge in [0.1, 0.15) is 31.0 Å². The van der Waals surface area contributed by atoms with Gasteiger partial charge >= 0.3 is 0 Å². The number of ether oxygens (including phenoxy) is 6. The highest BCUT2D eigenvalue weighted by atomic mass is 16.9. The van der Waals surface area contributed by atoms with Gasteiger partial charge in [0.25, 0.3) is 0 Å². The Bertz CT molecular complexity index is 440. The Morgan fingerprint density at radius 1 is 0.952 bits per heavy atom. The second kappa shape index (κ2) is 5.20. The van der Waals surface area contributed by atoms with Crippen molar-refractivity contribution in [3.8, 4) is 12.3 Å². The molecule has 3 heterocycles. The van der Waals surface area contributed by atoms with Crippen LogP contribution in [0.4, 0.5) is 0 Å². The summed E-state index contributed by atoms with van der Waals surface area (Å²) in [7, 11) is 0. The van der Waals surface area contributed by atoms with Gasteiger partial charge in [-0.15, -0.1) is 6.42 Å². The van der Waals surface area contributed by atoms with Crippen LogP contribution in [0.5, 0.6) is 0 Å². The van der Waals surface area contributed by atoms with Gasteiger partial charge in [-0.1, -0.05) is 5.92 Å². The lowest BCUT2D eigenvalue weighted by molar-refractivity contribution is -0.242. The molecule has 0 aromatic rings. The van der Waals surface area contributed by atoms with Gasteiger partial charge in [0.2, 0.25) is 0 Å². The predicted octanol–water partition coefficient (Wildman–Crippen LogP) is 1.03. The molecule has 3 aliphatic rings. The molecule has 6 heteroatoms. The molecule has 5 atom stereocenters. The maximum Gasteiger partial charge on any atom is 0.190 e. The van der Waals surface area contributed by atoms with Gasteiger partial charge in [-0.25, -0.2) is 0 Å². The minimum atomic E-state index is -0.704. The summed E-state index contributed by atoms with van der Waals surface area (Å²) < 4.78 is 35.0. The first-order valence-electron chi connectivity index (χ1n) is 7.19. The summed E-state index contributed by atoms with van der Waals surface area (Å²) in [5, 5.41) is 0. The van der Waals surface area contributed by atoms with Crippen molar-refractivity contribution in [1.82, 2.24) is 0 Å². The van der Waals surface area contributed by atoms with Crippen molar-refractivity contribution in [3.05, 3.63) is 0 Å². The van der Waals surface area contributed by atoms with Crippen molar-refractivity contribution in [2.75, 3.05) is 13.2 Å². The molecule has 0 aliphatic carbocycles. The minimum Gasteiger partial charge on any atom is -0.366 e. The van der Waals surface area contributed by atoms with E-state index in [1.807, 2.05) is 27.7 Å². The first kappa shape index (κ1) is 15.2. The third kappa shape index (κ3) is 2.95. The van der Waals surface area contributed by atoms with Crippen LogP contribution in [0, 0.1) is 12.3 Å². The Hall–Kier alpha value is -0.680. The number of hydrogen-bond acceptors (Lipinski definition) is 6. The predicted molar refractivity (Wildman–Crippen MR) is 72.2 cm³/mol. The van der Waals surface area contributed by atoms with Crippen LogP contribution in [-0.4, -0.2) is 55.5 Å². The lowest BCUT2D eigenvalue weighted by Gasteiger charge is -2.37. The first-order chi connectivity index (χ1) is 9.81. The zero-order valence-electron chi connectivity index (χ0n) is 12.8. The van der Waals surface area contributed by atoms with Crippen LogP contribution >= 0.6 is 0 Å². The molecule has 3 aliphatic heterocycles. The van der Waals surface area contributed by atoms with E-state index in [2.05, 4.69) is 5.92 Å². The Morgan fingerprint density at radius 3 is 2.29 bits per heavy atom. The van der Waals surface area contributed by atoms with Crippen LogP contribution in [0.1, 0.15) is 27.7 Å². The van der Waals surface area contributed by atoms with E-state index in [1.165, 1.54) is 0 Å². The quantitative estimate of drug-likeness (QED) is 0.573. The molecular weight excluding hydrogens is 276 g/mol. The van der Waals surface area contributed by atoms with Crippen LogP contribution in [0.3, 0.4) is 0 Å². The first-order valence-corrected chi connectivity index (χ1v) is 7.19. The third-order valence-corrected chi connectivity index (χ3v) is 3.72. The summed E-state index contributed by atoms with van der Waals surface area (Å²) in [6.45, 7) is 8.03. The standard InChI is InChI=1S/C15H22O6/c1-6-7-16-8-9-10-11(19-14(2,3)18-10)12-13(17-9)21-15(4,5)20-12/h1,9-13H,7-8H2,2-5H3/t9?,10-,11?,12?,13+/m0/s1. The average Bonchev–Trinajstić information content (AvgIpc) is 2.84. The highest BCUT2D eigenvalue weighted by Gasteiger charge is 2.60. The SMILES string of the molecule is C#CCOCC1O[C@@H]2OC(C)(C)OC2C2OC(C)(C)O[C@@H]12. The number of fused-ring (bicyclic) bond motifs is 3. The van der Waals surface area contributed by atoms with Gasteiger partial charge in [0, 0.05) is 0 Å². The van der Waals surface area contributed by atoms with E-state index in [-0.39, 0.29) is 31.0 Å². The number of hydrogen-bond donors (Lipinski definition) is 0. The number of rotatable bonds is 3. The summed E-state index contributed by atoms with van der Waals surface area (Å²) in [4.78, 5) is 0. The Kier molecular flexibility index (Phi) is 3.77. The smallest absolute Gasteiger partial charge is 0.190 e. The van der Waals surface area contributed by atoms with Crippen LogP contribution in [0.2, 0.25) is 0 Å². The molecule has 0 aromatic heterocycles. The molecule has 0 amide bonds. The zero-order chi connectivity index (χ0) is 15.3. The molecule has 3 rings (SSSR count). The van der Waals surface area contributed by atoms with Gasteiger partial charge in [0.05, 0.1) is 6.61 Å². The Labute approximate surface area is 125 Å². The largest absolute Gasteiger partial charge is 0.366 e. The van der Waals surface area contributed by atoms with Gasteiger partial charge in [-0.2, -0.15) is 0 Å². The second-order valence-corrected chi connectivity index (χ2v) is 6.43. The normalized spacial score (nSPS) is 43.1. The van der Waals surface area contributed by atoms with Crippen molar-refractivity contribution >= 4 is 0 Å². The molecule has 3 saturated heterocycles. The maximum absolute atomic E-state index is 5.99. The van der Waals surface area contributed by atoms with Gasteiger partial charge in [-0.3, -0.25) is 0 Å². The second-order valence-electron chi connectivity index (χ2n) is 6.43. The van der Waals surface area contributed by atoms with Crippen LogP contribution < -0.4 is 0 Å². The highest BCUT2D eigenvalue weighted by Crippen LogP contribution is 2.44. The molecule has 0 bridgehead atoms. The molecule has 3 unspecified atom stereocenters. The van der Waals surface area contributed by atoms with E-state index in [9.17, 15) is 0 Å². The Morgan fingerprint density at radius 2 is 1.57 bits per heavy atom. The summed E-state index contributed by atoms with van der Waals surface area (Å²) >= 11 is 0. The van der Waals surface area contributed by atoms with Crippen molar-refractivity contribution in [3.63, 3.8) is 0 Å². The van der Waals surface area contributed by atoms with E-state index in [4.69, 9.17) is 34.8 Å². The fraction of sp³-hybridized carbons (Fsp3) is 0.867. The zero-order valence-corrected chi connectivity index (χ0v) is 12.8. The molecular formula is C15H22O6. The van der Waals surface area contributed by atoms with Crippen LogP contribution in [-0.2, 0) is 28.4 Å². The summed E-state index contributed by atoms with van der Waals surface area (Å²) in [6, 6.07) is 0. The summed E-state index contributed by atoms with van der Waals surface area (Å²) in [6.07, 6.45) is 3.58. The Balaban J connectivity index is 1.77. The van der Waals surface area contributed by atoms with Crippen molar-refractivity contribution in [2.24, 2.45) is 0 Å². The molecule has 0 N–H and O–H groups in total. The molecule has 0 radical (unpaired) electrons. The fourth-order valence-corrected chi connectivity index (χ4v) is 3.06. The topological polar surface area (TPSA) is 55.4 Å². The van der Waals surface area contributed by atoms with Gasteiger partial charge in [0.15, 0.2) is 17.9 Å². The summed E-state index contributed by atoms with van der Waals surface area (Å²) in [5.41, 5.74) is 0.